The van der Waals surface area contributed by atoms with E-state index in [1.165, 1.54) is 15.9 Å². The molecule has 1 aliphatic heterocycles. The molecular formula is C41H30F3N3O5. The van der Waals surface area contributed by atoms with Crippen molar-refractivity contribution >= 4 is 35.1 Å². The summed E-state index contributed by atoms with van der Waals surface area (Å²) in [5.74, 6) is 0.630. The molecule has 2 atom stereocenters. The van der Waals surface area contributed by atoms with Gasteiger partial charge in [-0.25, -0.2) is 4.79 Å². The molecule has 0 bridgehead atoms. The number of carbonyl (C=O) groups excluding carboxylic acids is 4. The highest BCUT2D eigenvalue weighted by Crippen LogP contribution is 2.43. The van der Waals surface area contributed by atoms with Crippen molar-refractivity contribution in [3.05, 3.63) is 167 Å². The first-order valence-corrected chi connectivity index (χ1v) is 16.1. The Hall–Kier alpha value is -6.51. The van der Waals surface area contributed by atoms with E-state index in [0.717, 1.165) is 5.56 Å². The summed E-state index contributed by atoms with van der Waals surface area (Å²) in [7, 11) is 0. The van der Waals surface area contributed by atoms with Crippen molar-refractivity contribution in [3.8, 4) is 11.8 Å². The number of nitrogens with two attached hydrogens (primary N) is 1. The molecule has 1 aliphatic rings. The molecule has 0 aliphatic carbocycles. The molecule has 8 nitrogen and oxygen atoms in total. The number of rotatable bonds is 7. The van der Waals surface area contributed by atoms with Crippen molar-refractivity contribution in [2.24, 2.45) is 5.73 Å². The van der Waals surface area contributed by atoms with Crippen LogP contribution in [0.15, 0.2) is 133 Å². The van der Waals surface area contributed by atoms with E-state index < -0.39 is 48.4 Å². The third-order valence-corrected chi connectivity index (χ3v) is 8.40. The molecule has 0 radical (unpaired) electrons. The normalized spacial score (nSPS) is 14.8. The Kier molecular flexibility index (Phi) is 10.3. The van der Waals surface area contributed by atoms with Crippen LogP contribution in [0.3, 0.4) is 0 Å². The lowest BCUT2D eigenvalue weighted by molar-refractivity contribution is -0.202. The number of carbonyl (C=O) groups is 4. The Morgan fingerprint density at radius 1 is 0.769 bits per heavy atom. The Balaban J connectivity index is 1.56. The van der Waals surface area contributed by atoms with Gasteiger partial charge in [-0.15, -0.1) is 0 Å². The van der Waals surface area contributed by atoms with Gasteiger partial charge in [-0.05, 0) is 59.2 Å². The third kappa shape index (κ3) is 7.62. The highest BCUT2D eigenvalue weighted by Gasteiger charge is 2.47. The van der Waals surface area contributed by atoms with Crippen LogP contribution in [0.1, 0.15) is 56.7 Å². The number of ether oxygens (including phenoxy) is 1. The number of alkyl halides is 3. The zero-order valence-electron chi connectivity index (χ0n) is 27.4. The average Bonchev–Trinajstić information content (AvgIpc) is 3.25. The molecule has 0 fully saturated rings. The summed E-state index contributed by atoms with van der Waals surface area (Å²) in [4.78, 5) is 57.5. The maximum absolute atomic E-state index is 15.1. The quantitative estimate of drug-likeness (QED) is 0.110. The Morgan fingerprint density at radius 3 is 2.02 bits per heavy atom. The van der Waals surface area contributed by atoms with Gasteiger partial charge in [0.1, 0.15) is 6.04 Å². The topological polar surface area (TPSA) is 110 Å². The minimum Gasteiger partial charge on any atom is -0.386 e. The van der Waals surface area contributed by atoms with Crippen molar-refractivity contribution in [3.63, 3.8) is 0 Å². The van der Waals surface area contributed by atoms with E-state index >= 15 is 9.59 Å². The third-order valence-electron chi connectivity index (χ3n) is 8.40. The molecule has 0 aromatic heterocycles. The largest absolute Gasteiger partial charge is 0.491 e. The number of anilines is 2. The van der Waals surface area contributed by atoms with Gasteiger partial charge in [-0.3, -0.25) is 19.3 Å². The lowest BCUT2D eigenvalue weighted by Gasteiger charge is -2.37. The van der Waals surface area contributed by atoms with E-state index in [1.54, 1.807) is 103 Å². The zero-order valence-corrected chi connectivity index (χ0v) is 27.4. The van der Waals surface area contributed by atoms with Crippen LogP contribution >= 0.6 is 0 Å². The van der Waals surface area contributed by atoms with Gasteiger partial charge in [0.2, 0.25) is 0 Å². The van der Waals surface area contributed by atoms with Gasteiger partial charge in [0.15, 0.2) is 0 Å². The number of hydrogen-bond donors (Lipinski definition) is 1. The summed E-state index contributed by atoms with van der Waals surface area (Å²) in [6.07, 6.45) is -6.32. The van der Waals surface area contributed by atoms with Crippen molar-refractivity contribution in [1.29, 1.82) is 0 Å². The summed E-state index contributed by atoms with van der Waals surface area (Å²) >= 11 is 0. The molecule has 5 aromatic carbocycles. The number of hydrogen-bond acceptors (Lipinski definition) is 6. The number of esters is 2. The van der Waals surface area contributed by atoms with Gasteiger partial charge >= 0.3 is 18.1 Å². The number of para-hydroxylation sites is 1. The molecule has 260 valence electrons. The predicted molar refractivity (Wildman–Crippen MR) is 187 cm³/mol. The number of fused-ring (bicyclic) bond motifs is 1. The summed E-state index contributed by atoms with van der Waals surface area (Å²) in [6, 6.07) is 34.5. The first-order valence-electron chi connectivity index (χ1n) is 16.1. The van der Waals surface area contributed by atoms with E-state index in [1.807, 2.05) is 24.3 Å². The molecule has 2 amide bonds. The zero-order chi connectivity index (χ0) is 36.8. The Morgan fingerprint density at radius 2 is 1.38 bits per heavy atom. The van der Waals surface area contributed by atoms with Gasteiger partial charge < -0.3 is 15.4 Å². The molecule has 11 heteroatoms. The fourth-order valence-electron chi connectivity index (χ4n) is 6.03. The van der Waals surface area contributed by atoms with Crippen LogP contribution in [-0.4, -0.2) is 34.8 Å². The van der Waals surface area contributed by atoms with Crippen LogP contribution < -0.4 is 10.6 Å². The van der Waals surface area contributed by atoms with E-state index in [0.29, 0.717) is 34.5 Å². The monoisotopic (exact) mass is 701 g/mol. The second-order valence-electron chi connectivity index (χ2n) is 11.8. The van der Waals surface area contributed by atoms with E-state index in [-0.39, 0.29) is 11.3 Å². The standard InChI is InChI=1S/C41H30F3N3O5/c42-41(43,44)40(51)52-36(48)25-35(30-13-4-1-5-14-30)47-37(31-15-6-2-7-16-31)39(50)46(32-17-8-3-9-18-32)34-22-21-28(24-33(34)38(47)49)20-19-27-11-10-12-29(23-27)26-45/h1-18,21-24,35,37H,25-26,45H2. The average molecular weight is 702 g/mol. The molecule has 6 rings (SSSR count). The Labute approximate surface area is 297 Å². The van der Waals surface area contributed by atoms with E-state index in [9.17, 15) is 22.8 Å². The van der Waals surface area contributed by atoms with Crippen LogP contribution in [0.5, 0.6) is 0 Å². The first kappa shape index (κ1) is 35.3. The second-order valence-corrected chi connectivity index (χ2v) is 11.8. The van der Waals surface area contributed by atoms with Gasteiger partial charge in [0, 0.05) is 23.4 Å². The molecule has 0 saturated heterocycles. The van der Waals surface area contributed by atoms with Gasteiger partial charge in [0.25, 0.3) is 11.8 Å². The highest BCUT2D eigenvalue weighted by atomic mass is 19.4. The highest BCUT2D eigenvalue weighted by molar-refractivity contribution is 6.14. The number of benzene rings is 5. The summed E-state index contributed by atoms with van der Waals surface area (Å²) in [6.45, 7) is 0.325. The maximum Gasteiger partial charge on any atom is 0.491 e. The predicted octanol–water partition coefficient (Wildman–Crippen LogP) is 7.17. The SMILES string of the molecule is NCc1cccc(C#Cc2ccc3c(c2)C(=O)N(C(CC(=O)OC(=O)C(F)(F)F)c2ccccc2)C(c2ccccc2)C(=O)N3c2ccccc2)c1. The fraction of sp³-hybridized carbons (Fsp3) is 0.122. The minimum absolute atomic E-state index is 0.0406. The smallest absolute Gasteiger partial charge is 0.386 e. The fourth-order valence-corrected chi connectivity index (χ4v) is 6.03. The van der Waals surface area contributed by atoms with Gasteiger partial charge in [0.05, 0.1) is 23.7 Å². The summed E-state index contributed by atoms with van der Waals surface area (Å²) in [5, 5.41) is 0. The number of halogens is 3. The molecule has 5 aromatic rings. The first-order chi connectivity index (χ1) is 25.0. The molecule has 2 unspecified atom stereocenters. The van der Waals surface area contributed by atoms with Crippen LogP contribution in [0.2, 0.25) is 0 Å². The van der Waals surface area contributed by atoms with Crippen molar-refractivity contribution in [1.82, 2.24) is 4.90 Å². The van der Waals surface area contributed by atoms with Crippen LogP contribution in [0.4, 0.5) is 24.5 Å². The maximum atomic E-state index is 15.1. The molecule has 1 heterocycles. The number of nitrogens with zero attached hydrogens (tertiary/aromatic N) is 2. The van der Waals surface area contributed by atoms with Gasteiger partial charge in [-0.2, -0.15) is 13.2 Å². The number of amides is 2. The summed E-state index contributed by atoms with van der Waals surface area (Å²) < 4.78 is 43.6. The Bertz CT molecular complexity index is 2180. The van der Waals surface area contributed by atoms with Crippen LogP contribution in [-0.2, 0) is 25.7 Å². The minimum atomic E-state index is -5.43. The summed E-state index contributed by atoms with van der Waals surface area (Å²) in [5.41, 5.74) is 9.17. The lowest BCUT2D eigenvalue weighted by atomic mass is 9.95. The van der Waals surface area contributed by atoms with E-state index in [4.69, 9.17) is 5.73 Å². The van der Waals surface area contributed by atoms with Crippen molar-refractivity contribution in [2.45, 2.75) is 31.2 Å². The second kappa shape index (κ2) is 15.2. The molecular weight excluding hydrogens is 671 g/mol. The van der Waals surface area contributed by atoms with Crippen LogP contribution in [0, 0.1) is 11.8 Å². The molecule has 0 saturated carbocycles. The molecule has 52 heavy (non-hydrogen) atoms. The van der Waals surface area contributed by atoms with Crippen molar-refractivity contribution in [2.75, 3.05) is 4.90 Å². The van der Waals surface area contributed by atoms with E-state index in [2.05, 4.69) is 16.6 Å². The van der Waals surface area contributed by atoms with Gasteiger partial charge in [-0.1, -0.05) is 103 Å². The van der Waals surface area contributed by atoms with Crippen LogP contribution in [0.25, 0.3) is 0 Å². The lowest BCUT2D eigenvalue weighted by Crippen LogP contribution is -2.44. The molecule has 0 spiro atoms. The van der Waals surface area contributed by atoms with Crippen molar-refractivity contribution < 1.29 is 37.1 Å². The molecule has 2 N–H and O–H groups in total.